The first-order valence-electron chi connectivity index (χ1n) is 8.22. The zero-order valence-corrected chi connectivity index (χ0v) is 14.7. The summed E-state index contributed by atoms with van der Waals surface area (Å²) in [5, 5.41) is -0.0608. The Morgan fingerprint density at radius 1 is 1.26 bits per heavy atom. The first kappa shape index (κ1) is 17.9. The number of benzene rings is 1. The van der Waals surface area contributed by atoms with Gasteiger partial charge >= 0.3 is 5.97 Å². The van der Waals surface area contributed by atoms with Crippen LogP contribution in [0.5, 0.6) is 0 Å². The molecule has 1 aliphatic rings. The van der Waals surface area contributed by atoms with Gasteiger partial charge in [-0.1, -0.05) is 30.3 Å². The third-order valence-corrected chi connectivity index (χ3v) is 5.32. The van der Waals surface area contributed by atoms with Gasteiger partial charge in [0.05, 0.1) is 17.8 Å². The average Bonchev–Trinajstić information content (AvgIpc) is 2.60. The molecule has 1 unspecified atom stereocenters. The zero-order valence-electron chi connectivity index (χ0n) is 13.9. The number of rotatable bonds is 6. The first-order chi connectivity index (χ1) is 11.1. The van der Waals surface area contributed by atoms with E-state index >= 15 is 0 Å². The number of amides is 1. The van der Waals surface area contributed by atoms with Crippen molar-refractivity contribution in [3.63, 3.8) is 0 Å². The molecule has 4 nitrogen and oxygen atoms in total. The summed E-state index contributed by atoms with van der Waals surface area (Å²) in [6, 6.07) is 10.2. The van der Waals surface area contributed by atoms with Crippen molar-refractivity contribution >= 4 is 23.6 Å². The monoisotopic (exact) mass is 335 g/mol. The molecule has 126 valence electrons. The Kier molecular flexibility index (Phi) is 6.96. The van der Waals surface area contributed by atoms with Crippen molar-refractivity contribution in [3.8, 4) is 0 Å². The average molecular weight is 335 g/mol. The summed E-state index contributed by atoms with van der Waals surface area (Å²) >= 11 is 1.66. The second kappa shape index (κ2) is 8.96. The molecule has 1 aliphatic heterocycles. The van der Waals surface area contributed by atoms with Crippen molar-refractivity contribution in [2.24, 2.45) is 5.92 Å². The Morgan fingerprint density at radius 3 is 2.52 bits per heavy atom. The van der Waals surface area contributed by atoms with Crippen LogP contribution in [0.3, 0.4) is 0 Å². The van der Waals surface area contributed by atoms with Crippen LogP contribution < -0.4 is 0 Å². The number of ether oxygens (including phenoxy) is 1. The van der Waals surface area contributed by atoms with Gasteiger partial charge in [-0.2, -0.15) is 0 Å². The number of likely N-dealkylation sites (tertiary alicyclic amines) is 1. The van der Waals surface area contributed by atoms with Gasteiger partial charge in [-0.05, 0) is 32.3 Å². The number of carbonyl (C=O) groups is 2. The van der Waals surface area contributed by atoms with Gasteiger partial charge in [0.2, 0.25) is 5.91 Å². The molecule has 1 heterocycles. The van der Waals surface area contributed by atoms with E-state index in [0.717, 1.165) is 5.75 Å². The van der Waals surface area contributed by atoms with Gasteiger partial charge in [-0.15, -0.1) is 11.8 Å². The van der Waals surface area contributed by atoms with Crippen LogP contribution in [0, 0.1) is 5.92 Å². The predicted octanol–water partition coefficient (Wildman–Crippen LogP) is 3.11. The number of esters is 1. The third-order valence-electron chi connectivity index (χ3n) is 4.12. The summed E-state index contributed by atoms with van der Waals surface area (Å²) in [6.07, 6.45) is 1.42. The maximum atomic E-state index is 12.5. The summed E-state index contributed by atoms with van der Waals surface area (Å²) in [4.78, 5) is 26.1. The highest BCUT2D eigenvalue weighted by molar-refractivity contribution is 7.99. The minimum atomic E-state index is -0.119. The van der Waals surface area contributed by atoms with Gasteiger partial charge < -0.3 is 9.64 Å². The standard InChI is InChI=1S/C18H25NO3S/c1-3-22-18(21)16-9-11-19(12-10-16)17(20)14(2)23-13-15-7-5-4-6-8-15/h4-8,14,16H,3,9-13H2,1-2H3. The molecule has 5 heteroatoms. The number of nitrogens with zero attached hydrogens (tertiary/aromatic N) is 1. The molecule has 0 spiro atoms. The highest BCUT2D eigenvalue weighted by Gasteiger charge is 2.30. The summed E-state index contributed by atoms with van der Waals surface area (Å²) in [7, 11) is 0. The van der Waals surface area contributed by atoms with Gasteiger partial charge in [0, 0.05) is 18.8 Å². The number of piperidine rings is 1. The lowest BCUT2D eigenvalue weighted by molar-refractivity contribution is -0.151. The maximum absolute atomic E-state index is 12.5. The van der Waals surface area contributed by atoms with Crippen LogP contribution in [-0.2, 0) is 20.1 Å². The van der Waals surface area contributed by atoms with Crippen LogP contribution in [0.2, 0.25) is 0 Å². The predicted molar refractivity (Wildman–Crippen MR) is 93.1 cm³/mol. The molecule has 1 amide bonds. The lowest BCUT2D eigenvalue weighted by Gasteiger charge is -2.32. The molecule has 2 rings (SSSR count). The SMILES string of the molecule is CCOC(=O)C1CCN(C(=O)C(C)SCc2ccccc2)CC1. The molecule has 1 saturated heterocycles. The zero-order chi connectivity index (χ0) is 16.7. The van der Waals surface area contributed by atoms with Crippen LogP contribution in [0.25, 0.3) is 0 Å². The van der Waals surface area contributed by atoms with Crippen molar-refractivity contribution in [3.05, 3.63) is 35.9 Å². The van der Waals surface area contributed by atoms with Crippen LogP contribution in [0.15, 0.2) is 30.3 Å². The highest BCUT2D eigenvalue weighted by Crippen LogP contribution is 2.23. The number of thioether (sulfide) groups is 1. The van der Waals surface area contributed by atoms with E-state index in [9.17, 15) is 9.59 Å². The summed E-state index contributed by atoms with van der Waals surface area (Å²) in [6.45, 7) is 5.51. The van der Waals surface area contributed by atoms with E-state index < -0.39 is 0 Å². The summed E-state index contributed by atoms with van der Waals surface area (Å²) in [5.74, 6) is 0.846. The molecule has 1 aromatic carbocycles. The topological polar surface area (TPSA) is 46.6 Å². The van der Waals surface area contributed by atoms with E-state index in [4.69, 9.17) is 4.74 Å². The van der Waals surface area contributed by atoms with E-state index in [2.05, 4.69) is 12.1 Å². The fourth-order valence-corrected chi connectivity index (χ4v) is 3.65. The molecule has 0 bridgehead atoms. The molecule has 23 heavy (non-hydrogen) atoms. The molecule has 1 fully saturated rings. The van der Waals surface area contributed by atoms with Crippen molar-refractivity contribution < 1.29 is 14.3 Å². The smallest absolute Gasteiger partial charge is 0.309 e. The second-order valence-electron chi connectivity index (χ2n) is 5.79. The van der Waals surface area contributed by atoms with Crippen molar-refractivity contribution in [2.45, 2.75) is 37.7 Å². The molecule has 0 N–H and O–H groups in total. The lowest BCUT2D eigenvalue weighted by Crippen LogP contribution is -2.43. The Hall–Kier alpha value is -1.49. The van der Waals surface area contributed by atoms with Crippen LogP contribution in [-0.4, -0.2) is 41.7 Å². The van der Waals surface area contributed by atoms with Crippen LogP contribution >= 0.6 is 11.8 Å². The summed E-state index contributed by atoms with van der Waals surface area (Å²) < 4.78 is 5.07. The van der Waals surface area contributed by atoms with Gasteiger partial charge in [-0.25, -0.2) is 0 Å². The maximum Gasteiger partial charge on any atom is 0.309 e. The van der Waals surface area contributed by atoms with Crippen LogP contribution in [0.1, 0.15) is 32.3 Å². The Morgan fingerprint density at radius 2 is 1.91 bits per heavy atom. The van der Waals surface area contributed by atoms with Gasteiger partial charge in [0.15, 0.2) is 0 Å². The summed E-state index contributed by atoms with van der Waals surface area (Å²) in [5.41, 5.74) is 1.23. The van der Waals surface area contributed by atoms with Crippen molar-refractivity contribution in [1.82, 2.24) is 4.90 Å². The number of hydrogen-bond donors (Lipinski definition) is 0. The minimum Gasteiger partial charge on any atom is -0.466 e. The van der Waals surface area contributed by atoms with E-state index in [1.54, 1.807) is 11.8 Å². The molecular formula is C18H25NO3S. The van der Waals surface area contributed by atoms with E-state index in [0.29, 0.717) is 32.5 Å². The minimum absolute atomic E-state index is 0.0497. The van der Waals surface area contributed by atoms with Crippen molar-refractivity contribution in [1.29, 1.82) is 0 Å². The van der Waals surface area contributed by atoms with Gasteiger partial charge in [-0.3, -0.25) is 9.59 Å². The van der Waals surface area contributed by atoms with E-state index in [1.165, 1.54) is 5.56 Å². The highest BCUT2D eigenvalue weighted by atomic mass is 32.2. The molecule has 0 radical (unpaired) electrons. The largest absolute Gasteiger partial charge is 0.466 e. The van der Waals surface area contributed by atoms with E-state index in [-0.39, 0.29) is 23.0 Å². The Bertz CT molecular complexity index is 512. The van der Waals surface area contributed by atoms with Gasteiger partial charge in [0.25, 0.3) is 0 Å². The molecule has 0 saturated carbocycles. The van der Waals surface area contributed by atoms with Crippen LogP contribution in [0.4, 0.5) is 0 Å². The van der Waals surface area contributed by atoms with Crippen molar-refractivity contribution in [2.75, 3.05) is 19.7 Å². The second-order valence-corrected chi connectivity index (χ2v) is 7.12. The fourth-order valence-electron chi connectivity index (χ4n) is 2.72. The molecule has 1 atom stereocenters. The van der Waals surface area contributed by atoms with Gasteiger partial charge in [0.1, 0.15) is 0 Å². The fraction of sp³-hybridized carbons (Fsp3) is 0.556. The Labute approximate surface area is 142 Å². The third kappa shape index (κ3) is 5.27. The molecule has 1 aromatic rings. The molecule has 0 aliphatic carbocycles. The number of carbonyl (C=O) groups excluding carboxylic acids is 2. The molecular weight excluding hydrogens is 310 g/mol. The number of hydrogen-bond acceptors (Lipinski definition) is 4. The first-order valence-corrected chi connectivity index (χ1v) is 9.27. The normalized spacial score (nSPS) is 16.9. The Balaban J connectivity index is 1.76. The lowest BCUT2D eigenvalue weighted by atomic mass is 9.97. The quantitative estimate of drug-likeness (QED) is 0.750. The molecule has 0 aromatic heterocycles. The van der Waals surface area contributed by atoms with E-state index in [1.807, 2.05) is 36.9 Å².